The van der Waals surface area contributed by atoms with Crippen LogP contribution in [0.3, 0.4) is 0 Å². The van der Waals surface area contributed by atoms with E-state index in [9.17, 15) is 18.0 Å². The van der Waals surface area contributed by atoms with Crippen molar-refractivity contribution in [1.29, 1.82) is 0 Å². The summed E-state index contributed by atoms with van der Waals surface area (Å²) in [6, 6.07) is 3.14. The number of nitrogens with one attached hydrogen (secondary N) is 1. The Morgan fingerprint density at radius 1 is 1.08 bits per heavy atom. The first-order chi connectivity index (χ1) is 11.4. The van der Waals surface area contributed by atoms with Crippen LogP contribution in [-0.2, 0) is 10.9 Å². The van der Waals surface area contributed by atoms with Crippen LogP contribution in [-0.4, -0.2) is 50.3 Å². The number of alkyl halides is 3. The zero-order valence-corrected chi connectivity index (χ0v) is 13.2. The van der Waals surface area contributed by atoms with Crippen LogP contribution in [0.25, 0.3) is 0 Å². The molecule has 0 spiro atoms. The number of morpholine rings is 1. The average Bonchev–Trinajstić information content (AvgIpc) is 3.09. The molecule has 2 aliphatic rings. The minimum atomic E-state index is -4.45. The summed E-state index contributed by atoms with van der Waals surface area (Å²) in [5, 5.41) is 2.67. The minimum absolute atomic E-state index is 0.198. The Bertz CT molecular complexity index is 595. The number of anilines is 2. The van der Waals surface area contributed by atoms with E-state index in [0.717, 1.165) is 25.0 Å². The maximum absolute atomic E-state index is 13.0. The Morgan fingerprint density at radius 3 is 2.38 bits per heavy atom. The van der Waals surface area contributed by atoms with Gasteiger partial charge in [0.2, 0.25) is 0 Å². The molecule has 0 radical (unpaired) electrons. The Morgan fingerprint density at radius 2 is 1.75 bits per heavy atom. The van der Waals surface area contributed by atoms with E-state index >= 15 is 0 Å². The Kier molecular flexibility index (Phi) is 4.84. The Balaban J connectivity index is 1.87. The molecule has 3 rings (SSSR count). The minimum Gasteiger partial charge on any atom is -0.378 e. The lowest BCUT2D eigenvalue weighted by Crippen LogP contribution is -2.38. The summed E-state index contributed by atoms with van der Waals surface area (Å²) in [4.78, 5) is 15.9. The molecule has 0 bridgehead atoms. The highest BCUT2D eigenvalue weighted by Crippen LogP contribution is 2.36. The fraction of sp³-hybridized carbons (Fsp3) is 0.562. The van der Waals surface area contributed by atoms with Gasteiger partial charge in [0.1, 0.15) is 0 Å². The summed E-state index contributed by atoms with van der Waals surface area (Å²) in [5.41, 5.74) is 0.0266. The molecular formula is C16H20F3N3O2. The first-order valence-corrected chi connectivity index (χ1v) is 8.05. The second kappa shape index (κ2) is 6.88. The molecule has 1 aromatic carbocycles. The van der Waals surface area contributed by atoms with E-state index in [1.165, 1.54) is 6.07 Å². The van der Waals surface area contributed by atoms with Gasteiger partial charge in [-0.2, -0.15) is 13.2 Å². The van der Waals surface area contributed by atoms with E-state index in [1.807, 2.05) is 4.90 Å². The molecule has 8 heteroatoms. The lowest BCUT2D eigenvalue weighted by atomic mass is 10.1. The van der Waals surface area contributed by atoms with Gasteiger partial charge in [0.05, 0.1) is 30.2 Å². The first-order valence-electron chi connectivity index (χ1n) is 8.05. The van der Waals surface area contributed by atoms with Crippen LogP contribution < -0.4 is 10.2 Å². The lowest BCUT2D eigenvalue weighted by Gasteiger charge is -2.31. The van der Waals surface area contributed by atoms with Crippen molar-refractivity contribution in [1.82, 2.24) is 4.90 Å². The maximum atomic E-state index is 13.0. The maximum Gasteiger partial charge on any atom is 0.416 e. The van der Waals surface area contributed by atoms with Crippen molar-refractivity contribution in [3.8, 4) is 0 Å². The standard InChI is InChI=1S/C16H20F3N3O2/c17-16(18,19)12-3-4-14(21-7-9-24-10-8-21)13(11-12)20-15(23)22-5-1-2-6-22/h3-4,11H,1-2,5-10H2,(H,20,23). The number of ether oxygens (including phenoxy) is 1. The van der Waals surface area contributed by atoms with E-state index < -0.39 is 11.7 Å². The number of hydrogen-bond donors (Lipinski definition) is 1. The lowest BCUT2D eigenvalue weighted by molar-refractivity contribution is -0.137. The molecule has 0 unspecified atom stereocenters. The number of carbonyl (C=O) groups is 1. The molecule has 132 valence electrons. The van der Waals surface area contributed by atoms with E-state index in [-0.39, 0.29) is 11.7 Å². The quantitative estimate of drug-likeness (QED) is 0.897. The van der Waals surface area contributed by atoms with Gasteiger partial charge in [-0.15, -0.1) is 0 Å². The predicted molar refractivity (Wildman–Crippen MR) is 84.3 cm³/mol. The molecule has 2 aliphatic heterocycles. The Labute approximate surface area is 138 Å². The number of hydrogen-bond acceptors (Lipinski definition) is 3. The van der Waals surface area contributed by atoms with E-state index in [0.29, 0.717) is 45.1 Å². The molecule has 2 saturated heterocycles. The third kappa shape index (κ3) is 3.75. The highest BCUT2D eigenvalue weighted by atomic mass is 19.4. The number of urea groups is 1. The fourth-order valence-electron chi connectivity index (χ4n) is 3.01. The highest BCUT2D eigenvalue weighted by Gasteiger charge is 2.32. The fourth-order valence-corrected chi connectivity index (χ4v) is 3.01. The smallest absolute Gasteiger partial charge is 0.378 e. The average molecular weight is 343 g/mol. The topological polar surface area (TPSA) is 44.8 Å². The summed E-state index contributed by atoms with van der Waals surface area (Å²) >= 11 is 0. The third-order valence-electron chi connectivity index (χ3n) is 4.31. The molecule has 0 atom stereocenters. The monoisotopic (exact) mass is 343 g/mol. The molecule has 24 heavy (non-hydrogen) atoms. The number of nitrogens with zero attached hydrogens (tertiary/aromatic N) is 2. The normalized spacial score (nSPS) is 18.8. The zero-order chi connectivity index (χ0) is 17.2. The van der Waals surface area contributed by atoms with Crippen LogP contribution in [0.1, 0.15) is 18.4 Å². The van der Waals surface area contributed by atoms with E-state index in [2.05, 4.69) is 5.32 Å². The van der Waals surface area contributed by atoms with Gasteiger partial charge >= 0.3 is 12.2 Å². The van der Waals surface area contributed by atoms with Crippen molar-refractivity contribution in [2.24, 2.45) is 0 Å². The van der Waals surface area contributed by atoms with Crippen LogP contribution in [0.5, 0.6) is 0 Å². The van der Waals surface area contributed by atoms with Gasteiger partial charge in [0.25, 0.3) is 0 Å². The Hall–Kier alpha value is -1.96. The largest absolute Gasteiger partial charge is 0.416 e. The predicted octanol–water partition coefficient (Wildman–Crippen LogP) is 3.17. The second-order valence-corrected chi connectivity index (χ2v) is 5.95. The summed E-state index contributed by atoms with van der Waals surface area (Å²) in [6.45, 7) is 3.46. The van der Waals surface area contributed by atoms with Crippen molar-refractivity contribution in [2.75, 3.05) is 49.6 Å². The van der Waals surface area contributed by atoms with E-state index in [4.69, 9.17) is 4.74 Å². The van der Waals surface area contributed by atoms with Gasteiger partial charge in [-0.1, -0.05) is 0 Å². The van der Waals surface area contributed by atoms with Crippen molar-refractivity contribution in [3.05, 3.63) is 23.8 Å². The van der Waals surface area contributed by atoms with E-state index in [1.54, 1.807) is 4.90 Å². The summed E-state index contributed by atoms with van der Waals surface area (Å²) in [6.07, 6.45) is -2.60. The molecule has 5 nitrogen and oxygen atoms in total. The van der Waals surface area contributed by atoms with Crippen LogP contribution in [0.2, 0.25) is 0 Å². The molecule has 2 fully saturated rings. The SMILES string of the molecule is O=C(Nc1cc(C(F)(F)F)ccc1N1CCOCC1)N1CCCC1. The van der Waals surface area contributed by atoms with Crippen molar-refractivity contribution >= 4 is 17.4 Å². The number of halogens is 3. The van der Waals surface area contributed by atoms with Crippen LogP contribution >= 0.6 is 0 Å². The van der Waals surface area contributed by atoms with Crippen LogP contribution in [0.4, 0.5) is 29.3 Å². The van der Waals surface area contributed by atoms with Gasteiger partial charge in [-0.3, -0.25) is 0 Å². The van der Waals surface area contributed by atoms with Gasteiger partial charge in [0, 0.05) is 26.2 Å². The third-order valence-corrected chi connectivity index (χ3v) is 4.31. The number of carbonyl (C=O) groups excluding carboxylic acids is 1. The first kappa shape index (κ1) is 16.9. The zero-order valence-electron chi connectivity index (χ0n) is 13.2. The second-order valence-electron chi connectivity index (χ2n) is 5.95. The molecule has 1 N–H and O–H groups in total. The molecule has 2 heterocycles. The number of rotatable bonds is 2. The van der Waals surface area contributed by atoms with Gasteiger partial charge in [0.15, 0.2) is 0 Å². The number of benzene rings is 1. The number of amides is 2. The summed E-state index contributed by atoms with van der Waals surface area (Å²) in [5.74, 6) is 0. The van der Waals surface area contributed by atoms with Crippen molar-refractivity contribution in [2.45, 2.75) is 19.0 Å². The number of likely N-dealkylation sites (tertiary alicyclic amines) is 1. The van der Waals surface area contributed by atoms with Crippen LogP contribution in [0.15, 0.2) is 18.2 Å². The molecular weight excluding hydrogens is 323 g/mol. The molecule has 0 saturated carbocycles. The molecule has 1 aromatic rings. The highest BCUT2D eigenvalue weighted by molar-refractivity contribution is 5.93. The summed E-state index contributed by atoms with van der Waals surface area (Å²) < 4.78 is 44.4. The molecule has 0 aliphatic carbocycles. The van der Waals surface area contributed by atoms with Gasteiger partial charge < -0.3 is 19.9 Å². The van der Waals surface area contributed by atoms with Crippen molar-refractivity contribution in [3.63, 3.8) is 0 Å². The van der Waals surface area contributed by atoms with Crippen LogP contribution in [0, 0.1) is 0 Å². The van der Waals surface area contributed by atoms with Crippen molar-refractivity contribution < 1.29 is 22.7 Å². The van der Waals surface area contributed by atoms with Gasteiger partial charge in [-0.05, 0) is 31.0 Å². The molecule has 2 amide bonds. The van der Waals surface area contributed by atoms with Gasteiger partial charge in [-0.25, -0.2) is 4.79 Å². The summed E-state index contributed by atoms with van der Waals surface area (Å²) in [7, 11) is 0. The molecule has 0 aromatic heterocycles.